The average Bonchev–Trinajstić information content (AvgIpc) is 3.07. The van der Waals surface area contributed by atoms with Crippen LogP contribution in [0.4, 0.5) is 0 Å². The zero-order valence-electron chi connectivity index (χ0n) is 13.9. The predicted octanol–water partition coefficient (Wildman–Crippen LogP) is 4.43. The van der Waals surface area contributed by atoms with E-state index in [4.69, 9.17) is 4.74 Å². The second-order valence-electron chi connectivity index (χ2n) is 6.57. The largest absolute Gasteiger partial charge is 0.492 e. The Hall–Kier alpha value is -2.26. The Balaban J connectivity index is 1.29. The third-order valence-electron chi connectivity index (χ3n) is 5.07. The molecule has 0 atom stereocenters. The van der Waals surface area contributed by atoms with Gasteiger partial charge in [-0.25, -0.2) is 0 Å². The molecule has 1 fully saturated rings. The summed E-state index contributed by atoms with van der Waals surface area (Å²) >= 11 is 0. The summed E-state index contributed by atoms with van der Waals surface area (Å²) in [6, 6.07) is 18.7. The predicted molar refractivity (Wildman–Crippen MR) is 98.7 cm³/mol. The minimum absolute atomic E-state index is 0.674. The highest BCUT2D eigenvalue weighted by Gasteiger charge is 2.22. The average molecular weight is 320 g/mol. The van der Waals surface area contributed by atoms with Crippen molar-refractivity contribution in [2.75, 3.05) is 26.2 Å². The maximum Gasteiger partial charge on any atom is 0.119 e. The molecule has 0 spiro atoms. The fraction of sp³-hybridized carbons (Fsp3) is 0.333. The van der Waals surface area contributed by atoms with Crippen molar-refractivity contribution in [1.29, 1.82) is 0 Å². The first kappa shape index (κ1) is 15.3. The van der Waals surface area contributed by atoms with Crippen LogP contribution < -0.4 is 4.74 Å². The van der Waals surface area contributed by atoms with Crippen LogP contribution in [0.2, 0.25) is 0 Å². The first-order valence-electron chi connectivity index (χ1n) is 8.86. The van der Waals surface area contributed by atoms with Gasteiger partial charge in [0.1, 0.15) is 12.4 Å². The Morgan fingerprint density at radius 3 is 2.54 bits per heavy atom. The van der Waals surface area contributed by atoms with E-state index >= 15 is 0 Å². The second kappa shape index (κ2) is 7.10. The zero-order valence-corrected chi connectivity index (χ0v) is 13.9. The van der Waals surface area contributed by atoms with E-state index < -0.39 is 0 Å². The Bertz CT molecular complexity index is 773. The number of nitrogens with one attached hydrogen (secondary N) is 1. The first-order chi connectivity index (χ1) is 11.9. The molecule has 0 radical (unpaired) electrons. The molecule has 1 aliphatic rings. The molecule has 124 valence electrons. The van der Waals surface area contributed by atoms with E-state index in [9.17, 15) is 0 Å². The van der Waals surface area contributed by atoms with Gasteiger partial charge >= 0.3 is 0 Å². The van der Waals surface area contributed by atoms with Crippen molar-refractivity contribution in [3.63, 3.8) is 0 Å². The minimum Gasteiger partial charge on any atom is -0.492 e. The number of ether oxygens (including phenoxy) is 1. The van der Waals surface area contributed by atoms with Crippen molar-refractivity contribution >= 4 is 10.9 Å². The SMILES string of the molecule is c1ccc(OCCN2CCC(c3c[nH]c4ccccc34)CC2)cc1. The molecule has 2 heterocycles. The van der Waals surface area contributed by atoms with Crippen LogP contribution in [0.5, 0.6) is 5.75 Å². The number of hydrogen-bond donors (Lipinski definition) is 1. The summed E-state index contributed by atoms with van der Waals surface area (Å²) in [5, 5.41) is 1.39. The molecular weight excluding hydrogens is 296 g/mol. The van der Waals surface area contributed by atoms with E-state index in [0.717, 1.165) is 32.0 Å². The molecule has 0 bridgehead atoms. The molecular formula is C21H24N2O. The van der Waals surface area contributed by atoms with Crippen LogP contribution >= 0.6 is 0 Å². The summed E-state index contributed by atoms with van der Waals surface area (Å²) in [5.41, 5.74) is 2.75. The van der Waals surface area contributed by atoms with Gasteiger partial charge in [-0.15, -0.1) is 0 Å². The van der Waals surface area contributed by atoms with Gasteiger partial charge in [-0.1, -0.05) is 36.4 Å². The van der Waals surface area contributed by atoms with E-state index in [1.807, 2.05) is 30.3 Å². The van der Waals surface area contributed by atoms with E-state index in [2.05, 4.69) is 40.3 Å². The summed E-state index contributed by atoms with van der Waals surface area (Å²) in [5.74, 6) is 1.64. The van der Waals surface area contributed by atoms with Crippen molar-refractivity contribution in [2.24, 2.45) is 0 Å². The molecule has 3 nitrogen and oxygen atoms in total. The summed E-state index contributed by atoms with van der Waals surface area (Å²) in [4.78, 5) is 5.94. The van der Waals surface area contributed by atoms with Crippen LogP contribution in [0.15, 0.2) is 60.8 Å². The molecule has 1 aliphatic heterocycles. The third-order valence-corrected chi connectivity index (χ3v) is 5.07. The highest BCUT2D eigenvalue weighted by Crippen LogP contribution is 2.32. The van der Waals surface area contributed by atoms with Crippen molar-refractivity contribution in [3.8, 4) is 5.75 Å². The van der Waals surface area contributed by atoms with Crippen molar-refractivity contribution in [2.45, 2.75) is 18.8 Å². The van der Waals surface area contributed by atoms with Gasteiger partial charge in [-0.3, -0.25) is 4.90 Å². The first-order valence-corrected chi connectivity index (χ1v) is 8.86. The summed E-state index contributed by atoms with van der Waals surface area (Å²) in [6.45, 7) is 4.09. The molecule has 0 aliphatic carbocycles. The number of rotatable bonds is 5. The molecule has 1 saturated heterocycles. The highest BCUT2D eigenvalue weighted by molar-refractivity contribution is 5.83. The van der Waals surface area contributed by atoms with Gasteiger partial charge < -0.3 is 9.72 Å². The Labute approximate surface area is 143 Å². The Morgan fingerprint density at radius 1 is 0.958 bits per heavy atom. The number of likely N-dealkylation sites (tertiary alicyclic amines) is 1. The van der Waals surface area contributed by atoms with E-state index in [1.165, 1.54) is 29.3 Å². The van der Waals surface area contributed by atoms with E-state index in [-0.39, 0.29) is 0 Å². The number of benzene rings is 2. The van der Waals surface area contributed by atoms with Crippen LogP contribution in [0, 0.1) is 0 Å². The topological polar surface area (TPSA) is 28.3 Å². The molecule has 3 heteroatoms. The summed E-state index contributed by atoms with van der Waals surface area (Å²) < 4.78 is 5.82. The minimum atomic E-state index is 0.674. The number of piperidine rings is 1. The maximum absolute atomic E-state index is 5.82. The molecule has 1 N–H and O–H groups in total. The quantitative estimate of drug-likeness (QED) is 0.753. The fourth-order valence-electron chi connectivity index (χ4n) is 3.71. The molecule has 0 saturated carbocycles. The monoisotopic (exact) mass is 320 g/mol. The van der Waals surface area contributed by atoms with Crippen LogP contribution in [0.3, 0.4) is 0 Å². The maximum atomic E-state index is 5.82. The number of para-hydroxylation sites is 2. The van der Waals surface area contributed by atoms with E-state index in [0.29, 0.717) is 5.92 Å². The zero-order chi connectivity index (χ0) is 16.2. The van der Waals surface area contributed by atoms with Crippen molar-refractivity contribution in [1.82, 2.24) is 9.88 Å². The van der Waals surface area contributed by atoms with Crippen molar-refractivity contribution < 1.29 is 4.74 Å². The number of hydrogen-bond acceptors (Lipinski definition) is 2. The van der Waals surface area contributed by atoms with Crippen LogP contribution in [0.1, 0.15) is 24.3 Å². The number of H-pyrrole nitrogens is 1. The lowest BCUT2D eigenvalue weighted by molar-refractivity contribution is 0.173. The van der Waals surface area contributed by atoms with Crippen LogP contribution in [-0.4, -0.2) is 36.1 Å². The van der Waals surface area contributed by atoms with Gasteiger partial charge in [0, 0.05) is 23.6 Å². The Kier molecular flexibility index (Phi) is 4.52. The molecule has 0 amide bonds. The van der Waals surface area contributed by atoms with E-state index in [1.54, 1.807) is 0 Å². The van der Waals surface area contributed by atoms with Gasteiger partial charge in [-0.05, 0) is 55.6 Å². The smallest absolute Gasteiger partial charge is 0.119 e. The lowest BCUT2D eigenvalue weighted by Crippen LogP contribution is -2.35. The lowest BCUT2D eigenvalue weighted by Gasteiger charge is -2.31. The van der Waals surface area contributed by atoms with Gasteiger partial charge in [0.25, 0.3) is 0 Å². The molecule has 2 aromatic carbocycles. The molecule has 3 aromatic rings. The number of aromatic nitrogens is 1. The summed E-state index contributed by atoms with van der Waals surface area (Å²) in [6.07, 6.45) is 4.67. The highest BCUT2D eigenvalue weighted by atomic mass is 16.5. The van der Waals surface area contributed by atoms with Crippen molar-refractivity contribution in [3.05, 3.63) is 66.4 Å². The standard InChI is InChI=1S/C21H24N2O/c1-2-6-18(7-3-1)24-15-14-23-12-10-17(11-13-23)20-16-22-21-9-5-4-8-19(20)21/h1-9,16-17,22H,10-15H2. The molecule has 4 rings (SSSR count). The summed E-state index contributed by atoms with van der Waals surface area (Å²) in [7, 11) is 0. The number of fused-ring (bicyclic) bond motifs is 1. The van der Waals surface area contributed by atoms with Crippen LogP contribution in [-0.2, 0) is 0 Å². The normalized spacial score (nSPS) is 16.5. The molecule has 24 heavy (non-hydrogen) atoms. The third kappa shape index (κ3) is 3.31. The second-order valence-corrected chi connectivity index (χ2v) is 6.57. The van der Waals surface area contributed by atoms with Gasteiger partial charge in [0.05, 0.1) is 0 Å². The van der Waals surface area contributed by atoms with Gasteiger partial charge in [0.2, 0.25) is 0 Å². The van der Waals surface area contributed by atoms with Gasteiger partial charge in [0.15, 0.2) is 0 Å². The van der Waals surface area contributed by atoms with Gasteiger partial charge in [-0.2, -0.15) is 0 Å². The number of aromatic amines is 1. The lowest BCUT2D eigenvalue weighted by atomic mass is 9.89. The van der Waals surface area contributed by atoms with Crippen LogP contribution in [0.25, 0.3) is 10.9 Å². The Morgan fingerprint density at radius 2 is 1.71 bits per heavy atom. The fourth-order valence-corrected chi connectivity index (χ4v) is 3.71. The molecule has 1 aromatic heterocycles. The molecule has 0 unspecified atom stereocenters. The number of nitrogens with zero attached hydrogens (tertiary/aromatic N) is 1.